The van der Waals surface area contributed by atoms with Crippen LogP contribution in [-0.4, -0.2) is 22.2 Å². The van der Waals surface area contributed by atoms with Crippen molar-refractivity contribution in [1.29, 1.82) is 0 Å². The van der Waals surface area contributed by atoms with E-state index in [9.17, 15) is 32.3 Å². The van der Waals surface area contributed by atoms with Crippen LogP contribution in [0.25, 0.3) is 0 Å². The van der Waals surface area contributed by atoms with Gasteiger partial charge >= 0.3 is 6.18 Å². The van der Waals surface area contributed by atoms with Crippen molar-refractivity contribution in [2.75, 3.05) is 5.32 Å². The molecule has 0 bridgehead atoms. The lowest BCUT2D eigenvalue weighted by Gasteiger charge is -2.15. The molecule has 148 valence electrons. The fourth-order valence-electron chi connectivity index (χ4n) is 2.39. The number of nitrogens with zero attached hydrogens (tertiary/aromatic N) is 1. The predicted octanol–water partition coefficient (Wildman–Crippen LogP) is 2.20. The molecule has 3 N–H and O–H groups in total. The number of nitrogens with one attached hydrogen (secondary N) is 1. The first-order chi connectivity index (χ1) is 13.0. The molecule has 0 radical (unpaired) electrons. The highest BCUT2D eigenvalue weighted by Gasteiger charge is 2.35. The molecule has 0 spiro atoms. The van der Waals surface area contributed by atoms with Crippen molar-refractivity contribution in [3.63, 3.8) is 0 Å². The van der Waals surface area contributed by atoms with Crippen LogP contribution in [0.4, 0.5) is 18.9 Å². The van der Waals surface area contributed by atoms with Gasteiger partial charge in [0.05, 0.1) is 6.54 Å². The maximum Gasteiger partial charge on any atom is 0.431 e. The van der Waals surface area contributed by atoms with Crippen LogP contribution in [0.1, 0.15) is 39.8 Å². The van der Waals surface area contributed by atoms with Crippen LogP contribution in [0.5, 0.6) is 0 Å². The molecule has 10 heteroatoms. The quantitative estimate of drug-likeness (QED) is 0.731. The molecule has 0 unspecified atom stereocenters. The number of halogens is 3. The summed E-state index contributed by atoms with van der Waals surface area (Å²) in [5.41, 5.74) is 2.11. The lowest BCUT2D eigenvalue weighted by Crippen LogP contribution is -2.35. The first kappa shape index (κ1) is 20.9. The number of nitrogens with two attached hydrogens (primary N) is 1. The molecule has 0 aliphatic heterocycles. The standard InChI is InChI=1S/C18H16F3N3O4/c1-2-15(26)23-11-5-3-10(4-6-11)13(25)9-24-14(18(19,20)21)8-7-12(16(22)27)17(24)28/h3-8H,2,9H2,1H3,(H2,22,27)(H,23,26). The normalized spacial score (nSPS) is 11.1. The summed E-state index contributed by atoms with van der Waals surface area (Å²) in [5, 5.41) is 2.56. The first-order valence-corrected chi connectivity index (χ1v) is 8.08. The molecule has 2 rings (SSSR count). The Labute approximate surface area is 157 Å². The van der Waals surface area contributed by atoms with E-state index in [-0.39, 0.29) is 22.5 Å². The SMILES string of the molecule is CCC(=O)Nc1ccc(C(=O)Cn2c(C(F)(F)F)ccc(C(N)=O)c2=O)cc1. The van der Waals surface area contributed by atoms with Crippen LogP contribution in [-0.2, 0) is 17.5 Å². The molecule has 2 amide bonds. The third kappa shape index (κ3) is 4.64. The molecule has 1 heterocycles. The van der Waals surface area contributed by atoms with Crippen molar-refractivity contribution in [1.82, 2.24) is 4.57 Å². The Morgan fingerprint density at radius 1 is 1.07 bits per heavy atom. The number of primary amides is 1. The van der Waals surface area contributed by atoms with Crippen molar-refractivity contribution in [2.45, 2.75) is 26.1 Å². The number of carbonyl (C=O) groups excluding carboxylic acids is 3. The number of ketones is 1. The number of carbonyl (C=O) groups is 3. The summed E-state index contributed by atoms with van der Waals surface area (Å²) in [5.74, 6) is -2.23. The van der Waals surface area contributed by atoms with Gasteiger partial charge in [-0.05, 0) is 36.4 Å². The van der Waals surface area contributed by atoms with Gasteiger partial charge in [0.1, 0.15) is 11.3 Å². The van der Waals surface area contributed by atoms with Crippen molar-refractivity contribution in [3.8, 4) is 0 Å². The van der Waals surface area contributed by atoms with Crippen LogP contribution < -0.4 is 16.6 Å². The second-order valence-electron chi connectivity index (χ2n) is 5.79. The Morgan fingerprint density at radius 2 is 1.68 bits per heavy atom. The van der Waals surface area contributed by atoms with E-state index in [4.69, 9.17) is 5.73 Å². The van der Waals surface area contributed by atoms with Crippen molar-refractivity contribution in [3.05, 3.63) is 63.6 Å². The monoisotopic (exact) mass is 395 g/mol. The number of hydrogen-bond donors (Lipinski definition) is 2. The van der Waals surface area contributed by atoms with Crippen LogP contribution in [0.15, 0.2) is 41.2 Å². The summed E-state index contributed by atoms with van der Waals surface area (Å²) in [4.78, 5) is 47.2. The van der Waals surface area contributed by atoms with E-state index < -0.39 is 41.2 Å². The van der Waals surface area contributed by atoms with E-state index in [0.29, 0.717) is 17.8 Å². The van der Waals surface area contributed by atoms with Gasteiger partial charge in [-0.3, -0.25) is 23.7 Å². The second kappa shape index (κ2) is 8.07. The van der Waals surface area contributed by atoms with Crippen molar-refractivity contribution < 1.29 is 27.6 Å². The third-order valence-electron chi connectivity index (χ3n) is 3.84. The minimum absolute atomic E-state index is 0.0269. The highest BCUT2D eigenvalue weighted by molar-refractivity contribution is 5.97. The van der Waals surface area contributed by atoms with Crippen LogP contribution in [0.2, 0.25) is 0 Å². The molecule has 0 aliphatic carbocycles. The van der Waals surface area contributed by atoms with Crippen molar-refractivity contribution in [2.24, 2.45) is 5.73 Å². The van der Waals surface area contributed by atoms with Gasteiger partial charge in [0, 0.05) is 17.7 Å². The van der Waals surface area contributed by atoms with Gasteiger partial charge in [0.25, 0.3) is 11.5 Å². The van der Waals surface area contributed by atoms with Gasteiger partial charge in [-0.1, -0.05) is 6.92 Å². The lowest BCUT2D eigenvalue weighted by atomic mass is 10.1. The Bertz CT molecular complexity index is 979. The molecule has 0 fully saturated rings. The first-order valence-electron chi connectivity index (χ1n) is 8.08. The number of hydrogen-bond acceptors (Lipinski definition) is 4. The number of alkyl halides is 3. The zero-order valence-electron chi connectivity index (χ0n) is 14.7. The zero-order chi connectivity index (χ0) is 21.1. The molecule has 28 heavy (non-hydrogen) atoms. The minimum atomic E-state index is -4.91. The second-order valence-corrected chi connectivity index (χ2v) is 5.79. The fraction of sp³-hybridized carbons (Fsp3) is 0.222. The molecule has 0 atom stereocenters. The van der Waals surface area contributed by atoms with Gasteiger partial charge in [-0.2, -0.15) is 13.2 Å². The van der Waals surface area contributed by atoms with E-state index in [2.05, 4.69) is 5.32 Å². The Morgan fingerprint density at radius 3 is 2.18 bits per heavy atom. The van der Waals surface area contributed by atoms with E-state index in [0.717, 1.165) is 0 Å². The Balaban J connectivity index is 2.37. The summed E-state index contributed by atoms with van der Waals surface area (Å²) in [6, 6.07) is 6.65. The molecule has 1 aromatic heterocycles. The zero-order valence-corrected chi connectivity index (χ0v) is 14.7. The maximum atomic E-state index is 13.2. The van der Waals surface area contributed by atoms with Crippen LogP contribution in [0, 0.1) is 0 Å². The predicted molar refractivity (Wildman–Crippen MR) is 93.9 cm³/mol. The highest BCUT2D eigenvalue weighted by atomic mass is 19.4. The van der Waals surface area contributed by atoms with E-state index >= 15 is 0 Å². The number of rotatable bonds is 6. The molecule has 1 aromatic carbocycles. The summed E-state index contributed by atoms with van der Waals surface area (Å²) in [6.07, 6.45) is -4.66. The van der Waals surface area contributed by atoms with Gasteiger partial charge in [0.15, 0.2) is 5.78 Å². The van der Waals surface area contributed by atoms with Crippen molar-refractivity contribution >= 4 is 23.3 Å². The number of Topliss-reactive ketones (excluding diaryl/α,β-unsaturated/α-hetero) is 1. The van der Waals surface area contributed by atoms with Crippen LogP contribution >= 0.6 is 0 Å². The molecule has 0 saturated carbocycles. The largest absolute Gasteiger partial charge is 0.431 e. The van der Waals surface area contributed by atoms with Gasteiger partial charge in [-0.15, -0.1) is 0 Å². The molecule has 7 nitrogen and oxygen atoms in total. The molecule has 0 saturated heterocycles. The summed E-state index contributed by atoms with van der Waals surface area (Å²) in [7, 11) is 0. The highest BCUT2D eigenvalue weighted by Crippen LogP contribution is 2.28. The number of pyridine rings is 1. The summed E-state index contributed by atoms with van der Waals surface area (Å²) < 4.78 is 39.8. The summed E-state index contributed by atoms with van der Waals surface area (Å²) in [6.45, 7) is 0.721. The number of benzene rings is 1. The average molecular weight is 395 g/mol. The average Bonchev–Trinajstić information content (AvgIpc) is 2.62. The number of anilines is 1. The summed E-state index contributed by atoms with van der Waals surface area (Å²) >= 11 is 0. The van der Waals surface area contributed by atoms with Gasteiger partial charge in [-0.25, -0.2) is 0 Å². The van der Waals surface area contributed by atoms with Gasteiger partial charge < -0.3 is 11.1 Å². The third-order valence-corrected chi connectivity index (χ3v) is 3.84. The fourth-order valence-corrected chi connectivity index (χ4v) is 2.39. The maximum absolute atomic E-state index is 13.2. The van der Waals surface area contributed by atoms with E-state index in [1.54, 1.807) is 6.92 Å². The van der Waals surface area contributed by atoms with E-state index in [1.807, 2.05) is 0 Å². The molecule has 0 aliphatic rings. The van der Waals surface area contributed by atoms with Gasteiger partial charge in [0.2, 0.25) is 5.91 Å². The molecular weight excluding hydrogens is 379 g/mol. The van der Waals surface area contributed by atoms with E-state index in [1.165, 1.54) is 24.3 Å². The lowest BCUT2D eigenvalue weighted by molar-refractivity contribution is -0.144. The smallest absolute Gasteiger partial charge is 0.365 e. The number of aromatic nitrogens is 1. The Hall–Kier alpha value is -3.43. The topological polar surface area (TPSA) is 111 Å². The van der Waals surface area contributed by atoms with Crippen LogP contribution in [0.3, 0.4) is 0 Å². The molecular formula is C18H16F3N3O4. The minimum Gasteiger partial charge on any atom is -0.365 e. The molecule has 2 aromatic rings. The Kier molecular flexibility index (Phi) is 6.02. The number of amides is 2.